The standard InChI is InChI=1S/C12H19NO3/c1-11(2,3)12-5-4-8(6-9(14)7-12)13(12)10(15)16/h8H,4-7H2,1-3H3,(H,15,16). The highest BCUT2D eigenvalue weighted by Gasteiger charge is 2.59. The molecule has 0 radical (unpaired) electrons. The second kappa shape index (κ2) is 3.22. The van der Waals surface area contributed by atoms with Gasteiger partial charge in [-0.3, -0.25) is 9.69 Å². The molecule has 0 aromatic carbocycles. The van der Waals surface area contributed by atoms with Gasteiger partial charge in [-0.15, -0.1) is 0 Å². The zero-order chi connectivity index (χ0) is 12.1. The molecule has 0 spiro atoms. The number of fused-ring (bicyclic) bond motifs is 2. The van der Waals surface area contributed by atoms with Crippen LogP contribution < -0.4 is 0 Å². The zero-order valence-electron chi connectivity index (χ0n) is 10.1. The molecule has 90 valence electrons. The summed E-state index contributed by atoms with van der Waals surface area (Å²) < 4.78 is 0. The molecule has 2 aliphatic heterocycles. The Morgan fingerprint density at radius 2 is 2.12 bits per heavy atom. The first-order valence-corrected chi connectivity index (χ1v) is 5.82. The van der Waals surface area contributed by atoms with Gasteiger partial charge in [0.25, 0.3) is 0 Å². The predicted octanol–water partition coefficient (Wildman–Crippen LogP) is 2.28. The summed E-state index contributed by atoms with van der Waals surface area (Å²) in [6.45, 7) is 6.10. The summed E-state index contributed by atoms with van der Waals surface area (Å²) in [5.74, 6) is 0.218. The fourth-order valence-corrected chi connectivity index (χ4v) is 3.37. The van der Waals surface area contributed by atoms with Crippen molar-refractivity contribution in [2.45, 2.75) is 58.0 Å². The zero-order valence-corrected chi connectivity index (χ0v) is 10.1. The predicted molar refractivity (Wildman–Crippen MR) is 59.3 cm³/mol. The van der Waals surface area contributed by atoms with E-state index in [0.29, 0.717) is 12.8 Å². The molecule has 2 atom stereocenters. The Labute approximate surface area is 95.6 Å². The van der Waals surface area contributed by atoms with Gasteiger partial charge in [-0.2, -0.15) is 0 Å². The van der Waals surface area contributed by atoms with Gasteiger partial charge in [-0.25, -0.2) is 4.79 Å². The van der Waals surface area contributed by atoms with Crippen molar-refractivity contribution in [1.29, 1.82) is 0 Å². The van der Waals surface area contributed by atoms with Crippen LogP contribution in [0.3, 0.4) is 0 Å². The number of nitrogens with zero attached hydrogens (tertiary/aromatic N) is 1. The molecule has 0 aromatic heterocycles. The molecule has 2 bridgehead atoms. The molecule has 0 aromatic rings. The van der Waals surface area contributed by atoms with Gasteiger partial charge >= 0.3 is 6.09 Å². The number of hydrogen-bond donors (Lipinski definition) is 1. The van der Waals surface area contributed by atoms with E-state index < -0.39 is 11.6 Å². The molecule has 1 amide bonds. The third-order valence-corrected chi connectivity index (χ3v) is 4.27. The third kappa shape index (κ3) is 1.35. The molecular weight excluding hydrogens is 206 g/mol. The number of rotatable bonds is 0. The monoisotopic (exact) mass is 225 g/mol. The van der Waals surface area contributed by atoms with E-state index in [1.807, 2.05) is 20.8 Å². The van der Waals surface area contributed by atoms with Crippen molar-refractivity contribution < 1.29 is 14.7 Å². The minimum atomic E-state index is -0.870. The SMILES string of the molecule is CC(C)(C)C12CCC(CC(=O)C1)N2C(=O)O. The average Bonchev–Trinajstić information content (AvgIpc) is 2.35. The molecule has 2 saturated heterocycles. The minimum Gasteiger partial charge on any atom is -0.465 e. The lowest BCUT2D eigenvalue weighted by atomic mass is 9.68. The Bertz CT molecular complexity index is 345. The first-order valence-electron chi connectivity index (χ1n) is 5.82. The highest BCUT2D eigenvalue weighted by molar-refractivity contribution is 5.84. The van der Waals surface area contributed by atoms with Crippen LogP contribution in [0.5, 0.6) is 0 Å². The van der Waals surface area contributed by atoms with E-state index in [0.717, 1.165) is 12.8 Å². The van der Waals surface area contributed by atoms with E-state index in [2.05, 4.69) is 0 Å². The number of carboxylic acid groups (broad SMARTS) is 1. The van der Waals surface area contributed by atoms with Crippen LogP contribution in [0.1, 0.15) is 46.5 Å². The van der Waals surface area contributed by atoms with Gasteiger partial charge in [-0.1, -0.05) is 20.8 Å². The number of ketones is 1. The second-order valence-electron chi connectivity index (χ2n) is 6.05. The molecule has 2 unspecified atom stereocenters. The number of piperidine rings is 1. The quantitative estimate of drug-likeness (QED) is 0.688. The van der Waals surface area contributed by atoms with Gasteiger partial charge in [0.15, 0.2) is 0 Å². The van der Waals surface area contributed by atoms with Crippen LogP contribution in [0.15, 0.2) is 0 Å². The summed E-state index contributed by atoms with van der Waals surface area (Å²) in [6, 6.07) is -0.0852. The van der Waals surface area contributed by atoms with E-state index in [1.54, 1.807) is 4.90 Å². The molecule has 2 rings (SSSR count). The molecule has 2 aliphatic rings. The smallest absolute Gasteiger partial charge is 0.408 e. The second-order valence-corrected chi connectivity index (χ2v) is 6.05. The topological polar surface area (TPSA) is 57.6 Å². The Balaban J connectivity index is 2.46. The number of carbonyl (C=O) groups excluding carboxylic acids is 1. The van der Waals surface area contributed by atoms with Crippen LogP contribution in [-0.2, 0) is 4.79 Å². The van der Waals surface area contributed by atoms with E-state index in [4.69, 9.17) is 0 Å². The maximum absolute atomic E-state index is 11.7. The average molecular weight is 225 g/mol. The fraction of sp³-hybridized carbons (Fsp3) is 0.833. The lowest BCUT2D eigenvalue weighted by molar-refractivity contribution is -0.129. The molecule has 0 aliphatic carbocycles. The molecule has 0 saturated carbocycles. The van der Waals surface area contributed by atoms with Crippen LogP contribution in [0.4, 0.5) is 4.79 Å². The largest absolute Gasteiger partial charge is 0.465 e. The van der Waals surface area contributed by atoms with E-state index in [1.165, 1.54) is 0 Å². The summed E-state index contributed by atoms with van der Waals surface area (Å²) in [4.78, 5) is 24.7. The van der Waals surface area contributed by atoms with E-state index >= 15 is 0 Å². The number of amides is 1. The van der Waals surface area contributed by atoms with Crippen molar-refractivity contribution in [2.24, 2.45) is 5.41 Å². The first kappa shape index (κ1) is 11.4. The normalized spacial score (nSPS) is 34.3. The Morgan fingerprint density at radius 1 is 1.50 bits per heavy atom. The molecule has 2 fully saturated rings. The lowest BCUT2D eigenvalue weighted by Crippen LogP contribution is -2.61. The third-order valence-electron chi connectivity index (χ3n) is 4.27. The summed E-state index contributed by atoms with van der Waals surface area (Å²) in [6.07, 6.45) is 1.57. The van der Waals surface area contributed by atoms with Crippen LogP contribution in [-0.4, -0.2) is 33.5 Å². The summed E-state index contributed by atoms with van der Waals surface area (Å²) in [5, 5.41) is 9.35. The Morgan fingerprint density at radius 3 is 2.62 bits per heavy atom. The van der Waals surface area contributed by atoms with Crippen LogP contribution in [0, 0.1) is 5.41 Å². The fourth-order valence-electron chi connectivity index (χ4n) is 3.37. The highest BCUT2D eigenvalue weighted by Crippen LogP contribution is 2.52. The molecule has 4 nitrogen and oxygen atoms in total. The molecule has 4 heteroatoms. The van der Waals surface area contributed by atoms with Gasteiger partial charge in [0.2, 0.25) is 0 Å². The van der Waals surface area contributed by atoms with Gasteiger partial charge in [0.1, 0.15) is 5.78 Å². The van der Waals surface area contributed by atoms with E-state index in [9.17, 15) is 14.7 Å². The van der Waals surface area contributed by atoms with Crippen molar-refractivity contribution in [3.63, 3.8) is 0 Å². The maximum atomic E-state index is 11.7. The van der Waals surface area contributed by atoms with Crippen molar-refractivity contribution in [1.82, 2.24) is 4.90 Å². The lowest BCUT2D eigenvalue weighted by Gasteiger charge is -2.50. The van der Waals surface area contributed by atoms with Crippen LogP contribution in [0.25, 0.3) is 0 Å². The van der Waals surface area contributed by atoms with Gasteiger partial charge < -0.3 is 5.11 Å². The maximum Gasteiger partial charge on any atom is 0.408 e. The van der Waals surface area contributed by atoms with Crippen molar-refractivity contribution in [3.8, 4) is 0 Å². The molecule has 1 N–H and O–H groups in total. The number of hydrogen-bond acceptors (Lipinski definition) is 2. The minimum absolute atomic E-state index is 0.0852. The number of Topliss-reactive ketones (excluding diaryl/α,β-unsaturated/α-hetero) is 1. The van der Waals surface area contributed by atoms with Crippen molar-refractivity contribution >= 4 is 11.9 Å². The molecule has 16 heavy (non-hydrogen) atoms. The Kier molecular flexibility index (Phi) is 2.30. The Hall–Kier alpha value is -1.06. The number of carbonyl (C=O) groups is 2. The first-order chi connectivity index (χ1) is 7.28. The summed E-state index contributed by atoms with van der Waals surface area (Å²) >= 11 is 0. The van der Waals surface area contributed by atoms with Crippen LogP contribution in [0.2, 0.25) is 0 Å². The van der Waals surface area contributed by atoms with Gasteiger partial charge in [0, 0.05) is 18.9 Å². The van der Waals surface area contributed by atoms with E-state index in [-0.39, 0.29) is 17.2 Å². The highest BCUT2D eigenvalue weighted by atomic mass is 16.4. The van der Waals surface area contributed by atoms with Crippen molar-refractivity contribution in [3.05, 3.63) is 0 Å². The molecule has 2 heterocycles. The van der Waals surface area contributed by atoms with Gasteiger partial charge in [0.05, 0.1) is 5.54 Å². The summed E-state index contributed by atoms with van der Waals surface area (Å²) in [5.41, 5.74) is -0.658. The summed E-state index contributed by atoms with van der Waals surface area (Å²) in [7, 11) is 0. The molecular formula is C12H19NO3. The van der Waals surface area contributed by atoms with Gasteiger partial charge in [-0.05, 0) is 18.3 Å². The van der Waals surface area contributed by atoms with Crippen molar-refractivity contribution in [2.75, 3.05) is 0 Å². The van der Waals surface area contributed by atoms with Crippen LogP contribution >= 0.6 is 0 Å².